The summed E-state index contributed by atoms with van der Waals surface area (Å²) in [5.41, 5.74) is -3.07. The zero-order valence-corrected chi connectivity index (χ0v) is 10.0. The van der Waals surface area contributed by atoms with Gasteiger partial charge in [-0.25, -0.2) is 8.78 Å². The number of aromatic nitrogens is 1. The van der Waals surface area contributed by atoms with Crippen molar-refractivity contribution in [3.63, 3.8) is 0 Å². The predicted molar refractivity (Wildman–Crippen MR) is 53.2 cm³/mol. The molecular formula is C9H5BrF5NO2. The largest absolute Gasteiger partial charge is 0.481 e. The van der Waals surface area contributed by atoms with Crippen LogP contribution in [0.5, 0.6) is 0 Å². The zero-order chi connectivity index (χ0) is 14.1. The van der Waals surface area contributed by atoms with Crippen LogP contribution in [0, 0.1) is 0 Å². The summed E-state index contributed by atoms with van der Waals surface area (Å²) in [5, 5.41) is 8.44. The molecule has 1 rings (SSSR count). The molecule has 0 aliphatic carbocycles. The van der Waals surface area contributed by atoms with Gasteiger partial charge in [0.05, 0.1) is 22.2 Å². The van der Waals surface area contributed by atoms with E-state index in [9.17, 15) is 26.7 Å². The van der Waals surface area contributed by atoms with Crippen molar-refractivity contribution in [1.82, 2.24) is 4.98 Å². The Bertz CT molecular complexity index is 475. The molecule has 0 atom stereocenters. The van der Waals surface area contributed by atoms with Crippen molar-refractivity contribution in [3.8, 4) is 0 Å². The maximum atomic E-state index is 12.6. The van der Waals surface area contributed by atoms with Crippen LogP contribution in [-0.2, 0) is 17.4 Å². The first-order chi connectivity index (χ1) is 8.12. The van der Waals surface area contributed by atoms with E-state index < -0.39 is 46.4 Å². The van der Waals surface area contributed by atoms with Crippen molar-refractivity contribution in [3.05, 3.63) is 27.5 Å². The van der Waals surface area contributed by atoms with Crippen LogP contribution in [0.3, 0.4) is 0 Å². The number of nitrogens with zero attached hydrogens (tertiary/aromatic N) is 1. The highest BCUT2D eigenvalue weighted by atomic mass is 79.9. The first-order valence-corrected chi connectivity index (χ1v) is 5.18. The van der Waals surface area contributed by atoms with Gasteiger partial charge in [-0.3, -0.25) is 9.78 Å². The average molecular weight is 334 g/mol. The third-order valence-electron chi connectivity index (χ3n) is 1.88. The van der Waals surface area contributed by atoms with Gasteiger partial charge in [-0.15, -0.1) is 0 Å². The number of alkyl halides is 5. The molecule has 0 bridgehead atoms. The number of carboxylic acid groups (broad SMARTS) is 1. The third-order valence-corrected chi connectivity index (χ3v) is 2.71. The molecule has 0 radical (unpaired) electrons. The van der Waals surface area contributed by atoms with Crippen LogP contribution in [0.4, 0.5) is 22.0 Å². The second kappa shape index (κ2) is 5.17. The lowest BCUT2D eigenvalue weighted by Gasteiger charge is -2.13. The minimum Gasteiger partial charge on any atom is -0.481 e. The lowest BCUT2D eigenvalue weighted by atomic mass is 10.1. The second-order valence-corrected chi connectivity index (χ2v) is 4.02. The van der Waals surface area contributed by atoms with E-state index in [1.807, 2.05) is 0 Å². The maximum absolute atomic E-state index is 12.6. The molecule has 0 aromatic carbocycles. The van der Waals surface area contributed by atoms with Crippen LogP contribution >= 0.6 is 15.9 Å². The topological polar surface area (TPSA) is 50.2 Å². The third kappa shape index (κ3) is 3.37. The van der Waals surface area contributed by atoms with Gasteiger partial charge in [0.15, 0.2) is 0 Å². The molecule has 9 heteroatoms. The van der Waals surface area contributed by atoms with Crippen molar-refractivity contribution >= 4 is 21.9 Å². The summed E-state index contributed by atoms with van der Waals surface area (Å²) in [7, 11) is 0. The van der Waals surface area contributed by atoms with Gasteiger partial charge >= 0.3 is 12.1 Å². The Balaban J connectivity index is 3.42. The minimum atomic E-state index is -4.88. The van der Waals surface area contributed by atoms with E-state index in [1.165, 1.54) is 0 Å². The molecule has 0 saturated carbocycles. The lowest BCUT2D eigenvalue weighted by Crippen LogP contribution is -2.13. The maximum Gasteiger partial charge on any atom is 0.417 e. The van der Waals surface area contributed by atoms with E-state index in [2.05, 4.69) is 20.9 Å². The SMILES string of the molecule is O=C(O)Cc1cc(C(F)(F)F)c(Br)c(C(F)F)n1. The Labute approximate surface area is 106 Å². The summed E-state index contributed by atoms with van der Waals surface area (Å²) in [6.45, 7) is 0. The Morgan fingerprint density at radius 1 is 1.44 bits per heavy atom. The standard InChI is InChI=1S/C9H5BrF5NO2/c10-6-4(9(13,14)15)1-3(2-5(17)18)16-7(6)8(11)12/h1,8H,2H2,(H,17,18). The molecule has 0 fully saturated rings. The Kier molecular flexibility index (Phi) is 4.25. The molecule has 0 spiro atoms. The Morgan fingerprint density at radius 2 is 2.00 bits per heavy atom. The minimum absolute atomic E-state index is 0.435. The van der Waals surface area contributed by atoms with Crippen molar-refractivity contribution in [2.45, 2.75) is 19.0 Å². The van der Waals surface area contributed by atoms with Crippen LogP contribution in [0.1, 0.15) is 23.4 Å². The molecule has 0 unspecified atom stereocenters. The van der Waals surface area contributed by atoms with Crippen LogP contribution in [0.15, 0.2) is 10.5 Å². The Hall–Kier alpha value is -1.25. The normalized spacial score (nSPS) is 11.9. The highest BCUT2D eigenvalue weighted by molar-refractivity contribution is 9.10. The first-order valence-electron chi connectivity index (χ1n) is 4.39. The quantitative estimate of drug-likeness (QED) is 0.862. The van der Waals surface area contributed by atoms with E-state index in [0.29, 0.717) is 6.07 Å². The van der Waals surface area contributed by atoms with Crippen LogP contribution < -0.4 is 0 Å². The predicted octanol–water partition coefficient (Wildman–Crippen LogP) is 3.43. The van der Waals surface area contributed by atoms with E-state index >= 15 is 0 Å². The lowest BCUT2D eigenvalue weighted by molar-refractivity contribution is -0.139. The van der Waals surface area contributed by atoms with Gasteiger partial charge < -0.3 is 5.11 Å². The van der Waals surface area contributed by atoms with Crippen molar-refractivity contribution < 1.29 is 31.9 Å². The molecule has 0 saturated heterocycles. The molecule has 0 aliphatic rings. The number of carbonyl (C=O) groups is 1. The van der Waals surface area contributed by atoms with E-state index in [-0.39, 0.29) is 0 Å². The van der Waals surface area contributed by atoms with E-state index in [1.54, 1.807) is 0 Å². The number of rotatable bonds is 3. The molecule has 1 aromatic rings. The van der Waals surface area contributed by atoms with Crippen molar-refractivity contribution in [2.24, 2.45) is 0 Å². The fourth-order valence-electron chi connectivity index (χ4n) is 1.20. The highest BCUT2D eigenvalue weighted by Crippen LogP contribution is 2.39. The van der Waals surface area contributed by atoms with E-state index in [0.717, 1.165) is 0 Å². The summed E-state index contributed by atoms with van der Waals surface area (Å²) >= 11 is 2.41. The summed E-state index contributed by atoms with van der Waals surface area (Å²) in [4.78, 5) is 13.6. The monoisotopic (exact) mass is 333 g/mol. The molecule has 1 N–H and O–H groups in total. The summed E-state index contributed by atoms with van der Waals surface area (Å²) in [6, 6.07) is 0.435. The molecule has 1 aromatic heterocycles. The number of aliphatic carboxylic acids is 1. The Morgan fingerprint density at radius 3 is 2.39 bits per heavy atom. The average Bonchev–Trinajstić information content (AvgIpc) is 2.17. The molecule has 0 amide bonds. The van der Waals surface area contributed by atoms with Crippen LogP contribution in [0.25, 0.3) is 0 Å². The van der Waals surface area contributed by atoms with Gasteiger partial charge in [0.2, 0.25) is 0 Å². The van der Waals surface area contributed by atoms with Gasteiger partial charge in [-0.2, -0.15) is 13.2 Å². The first kappa shape index (κ1) is 14.8. The number of carboxylic acids is 1. The number of halogens is 6. The fraction of sp³-hybridized carbons (Fsp3) is 0.333. The number of pyridine rings is 1. The van der Waals surface area contributed by atoms with Crippen LogP contribution in [-0.4, -0.2) is 16.1 Å². The number of hydrogen-bond acceptors (Lipinski definition) is 2. The number of hydrogen-bond donors (Lipinski definition) is 1. The van der Waals surface area contributed by atoms with Crippen molar-refractivity contribution in [1.29, 1.82) is 0 Å². The zero-order valence-electron chi connectivity index (χ0n) is 8.43. The molecule has 3 nitrogen and oxygen atoms in total. The molecule has 1 heterocycles. The van der Waals surface area contributed by atoms with Crippen LogP contribution in [0.2, 0.25) is 0 Å². The summed E-state index contributed by atoms with van der Waals surface area (Å²) in [6.07, 6.45) is -8.98. The van der Waals surface area contributed by atoms with E-state index in [4.69, 9.17) is 5.11 Å². The fourth-order valence-corrected chi connectivity index (χ4v) is 1.80. The van der Waals surface area contributed by atoms with Gasteiger partial charge in [-0.05, 0) is 22.0 Å². The van der Waals surface area contributed by atoms with Gasteiger partial charge in [0, 0.05) is 0 Å². The van der Waals surface area contributed by atoms with Gasteiger partial charge in [0.1, 0.15) is 5.69 Å². The summed E-state index contributed by atoms with van der Waals surface area (Å²) < 4.78 is 61.8. The molecule has 18 heavy (non-hydrogen) atoms. The van der Waals surface area contributed by atoms with Gasteiger partial charge in [-0.1, -0.05) is 0 Å². The molecule has 0 aliphatic heterocycles. The molecule has 100 valence electrons. The summed E-state index contributed by atoms with van der Waals surface area (Å²) in [5.74, 6) is -1.46. The second-order valence-electron chi connectivity index (χ2n) is 3.23. The molecular weight excluding hydrogens is 329 g/mol. The van der Waals surface area contributed by atoms with Gasteiger partial charge in [0.25, 0.3) is 6.43 Å². The van der Waals surface area contributed by atoms with Crippen molar-refractivity contribution in [2.75, 3.05) is 0 Å². The highest BCUT2D eigenvalue weighted by Gasteiger charge is 2.36. The smallest absolute Gasteiger partial charge is 0.417 e.